The first-order valence-electron chi connectivity index (χ1n) is 7.93. The van der Waals surface area contributed by atoms with Crippen molar-refractivity contribution in [2.45, 2.75) is 37.9 Å². The van der Waals surface area contributed by atoms with Crippen molar-refractivity contribution in [2.75, 3.05) is 5.75 Å². The van der Waals surface area contributed by atoms with Gasteiger partial charge in [-0.3, -0.25) is 14.0 Å². The van der Waals surface area contributed by atoms with Gasteiger partial charge in [-0.05, 0) is 67.6 Å². The van der Waals surface area contributed by atoms with Gasteiger partial charge in [0, 0.05) is 34.4 Å². The molecule has 4 heteroatoms. The van der Waals surface area contributed by atoms with Crippen molar-refractivity contribution in [3.63, 3.8) is 0 Å². The Hall–Kier alpha value is -1.03. The minimum absolute atomic E-state index is 0.0819. The van der Waals surface area contributed by atoms with Crippen LogP contribution in [0.1, 0.15) is 37.7 Å². The van der Waals surface area contributed by atoms with Crippen LogP contribution < -0.4 is 0 Å². The van der Waals surface area contributed by atoms with Crippen molar-refractivity contribution in [1.29, 1.82) is 0 Å². The van der Waals surface area contributed by atoms with E-state index in [-0.39, 0.29) is 11.2 Å². The molecule has 1 aromatic rings. The van der Waals surface area contributed by atoms with Crippen molar-refractivity contribution < 1.29 is 9.00 Å². The molecule has 4 saturated carbocycles. The van der Waals surface area contributed by atoms with Crippen LogP contribution >= 0.6 is 0 Å². The molecule has 0 aromatic carbocycles. The molecule has 1 aromatic heterocycles. The first-order chi connectivity index (χ1) is 10.2. The Morgan fingerprint density at radius 1 is 1.19 bits per heavy atom. The average Bonchev–Trinajstić information content (AvgIpc) is 2.86. The smallest absolute Gasteiger partial charge is 0.151 e. The van der Waals surface area contributed by atoms with E-state index in [1.54, 1.807) is 12.4 Å². The summed E-state index contributed by atoms with van der Waals surface area (Å²) in [5.74, 6) is 3.18. The Morgan fingerprint density at radius 3 is 2.52 bits per heavy atom. The lowest BCUT2D eigenvalue weighted by Crippen LogP contribution is -2.36. The maximum atomic E-state index is 12.8. The molecule has 5 rings (SSSR count). The first kappa shape index (κ1) is 13.6. The van der Waals surface area contributed by atoms with Gasteiger partial charge in [-0.15, -0.1) is 0 Å². The molecule has 3 nitrogen and oxygen atoms in total. The normalized spacial score (nSPS) is 37.8. The average molecular weight is 303 g/mol. The van der Waals surface area contributed by atoms with E-state index in [4.69, 9.17) is 0 Å². The number of pyridine rings is 1. The Balaban J connectivity index is 1.43. The Kier molecular flexibility index (Phi) is 3.25. The van der Waals surface area contributed by atoms with Gasteiger partial charge in [0.1, 0.15) is 0 Å². The molecular weight excluding hydrogens is 282 g/mol. The second kappa shape index (κ2) is 5.01. The van der Waals surface area contributed by atoms with E-state index < -0.39 is 10.8 Å². The van der Waals surface area contributed by atoms with E-state index in [9.17, 15) is 9.00 Å². The maximum absolute atomic E-state index is 12.8. The van der Waals surface area contributed by atoms with Gasteiger partial charge in [0.15, 0.2) is 5.78 Å². The maximum Gasteiger partial charge on any atom is 0.151 e. The van der Waals surface area contributed by atoms with Crippen LogP contribution in [0.15, 0.2) is 24.5 Å². The molecular formula is C17H21NO2S. The number of carbonyl (C=O) groups excluding carboxylic acids is 1. The molecule has 3 unspecified atom stereocenters. The van der Waals surface area contributed by atoms with Crippen LogP contribution in [0.5, 0.6) is 0 Å². The van der Waals surface area contributed by atoms with E-state index in [0.717, 1.165) is 30.2 Å². The minimum atomic E-state index is -1.09. The Bertz CT molecular complexity index is 572. The Labute approximate surface area is 128 Å². The molecule has 4 bridgehead atoms. The summed E-state index contributed by atoms with van der Waals surface area (Å²) in [4.78, 5) is 16.8. The molecule has 0 radical (unpaired) electrons. The molecule has 0 aliphatic heterocycles. The minimum Gasteiger partial charge on any atom is -0.298 e. The number of rotatable bonds is 5. The van der Waals surface area contributed by atoms with Gasteiger partial charge in [0.2, 0.25) is 0 Å². The van der Waals surface area contributed by atoms with Crippen molar-refractivity contribution in [1.82, 2.24) is 4.98 Å². The van der Waals surface area contributed by atoms with E-state index in [0.29, 0.717) is 17.5 Å². The van der Waals surface area contributed by atoms with Gasteiger partial charge in [-0.25, -0.2) is 0 Å². The number of aromatic nitrogens is 1. The number of nitrogens with zero attached hydrogens (tertiary/aromatic N) is 1. The van der Waals surface area contributed by atoms with Crippen LogP contribution in [0.3, 0.4) is 0 Å². The number of hydrogen-bond acceptors (Lipinski definition) is 3. The van der Waals surface area contributed by atoms with E-state index >= 15 is 0 Å². The van der Waals surface area contributed by atoms with Crippen molar-refractivity contribution in [3.05, 3.63) is 30.1 Å². The SMILES string of the molecule is O=C(CS(=O)Cc1ccncc1)C12CC3CC(CC1C3)C2. The first-order valence-corrected chi connectivity index (χ1v) is 9.42. The summed E-state index contributed by atoms with van der Waals surface area (Å²) in [7, 11) is -1.09. The van der Waals surface area contributed by atoms with E-state index in [1.807, 2.05) is 12.1 Å². The highest BCUT2D eigenvalue weighted by molar-refractivity contribution is 7.84. The largest absolute Gasteiger partial charge is 0.298 e. The second-order valence-electron chi connectivity index (χ2n) is 7.21. The highest BCUT2D eigenvalue weighted by Gasteiger charge is 2.60. The van der Waals surface area contributed by atoms with Crippen molar-refractivity contribution in [3.8, 4) is 0 Å². The summed E-state index contributed by atoms with van der Waals surface area (Å²) in [6.07, 6.45) is 9.43. The van der Waals surface area contributed by atoms with Crippen molar-refractivity contribution in [2.24, 2.45) is 23.2 Å². The third-order valence-electron chi connectivity index (χ3n) is 5.91. The number of carbonyl (C=O) groups is 1. The van der Waals surface area contributed by atoms with Crippen molar-refractivity contribution >= 4 is 16.6 Å². The lowest BCUT2D eigenvalue weighted by Gasteiger charge is -2.31. The second-order valence-corrected chi connectivity index (χ2v) is 8.66. The monoisotopic (exact) mass is 303 g/mol. The van der Waals surface area contributed by atoms with Crippen LogP contribution in [0, 0.1) is 23.2 Å². The third-order valence-corrected chi connectivity index (χ3v) is 7.15. The summed E-state index contributed by atoms with van der Waals surface area (Å²) in [6, 6.07) is 3.76. The molecule has 3 atom stereocenters. The van der Waals surface area contributed by atoms with Crippen LogP contribution in [0.2, 0.25) is 0 Å². The summed E-state index contributed by atoms with van der Waals surface area (Å²) < 4.78 is 12.3. The zero-order chi connectivity index (χ0) is 14.4. The fourth-order valence-corrected chi connectivity index (χ4v) is 6.50. The number of Topliss-reactive ketones (excluding diaryl/α,β-unsaturated/α-hetero) is 1. The van der Waals surface area contributed by atoms with Gasteiger partial charge in [0.05, 0.1) is 5.75 Å². The van der Waals surface area contributed by atoms with Gasteiger partial charge in [-0.1, -0.05) is 0 Å². The molecule has 0 saturated heterocycles. The van der Waals surface area contributed by atoms with E-state index in [1.165, 1.54) is 19.3 Å². The lowest BCUT2D eigenvalue weighted by molar-refractivity contribution is -0.127. The molecule has 0 spiro atoms. The molecule has 1 heterocycles. The standard InChI is InChI=1S/C17H21NO2S/c19-16(11-21(20)10-12-1-3-18-4-2-12)17-8-13-5-14(9-17)7-15(17)6-13/h1-4,13-15H,5-11H2. The summed E-state index contributed by atoms with van der Waals surface area (Å²) in [5.41, 5.74) is 0.924. The van der Waals surface area contributed by atoms with Gasteiger partial charge < -0.3 is 0 Å². The zero-order valence-electron chi connectivity index (χ0n) is 12.2. The molecule has 0 amide bonds. The summed E-state index contributed by atoms with van der Waals surface area (Å²) >= 11 is 0. The van der Waals surface area contributed by atoms with Gasteiger partial charge in [0.25, 0.3) is 0 Å². The summed E-state index contributed by atoms with van der Waals surface area (Å²) in [5, 5.41) is 0. The van der Waals surface area contributed by atoms with Crippen LogP contribution in [0.25, 0.3) is 0 Å². The summed E-state index contributed by atoms with van der Waals surface area (Å²) in [6.45, 7) is 0. The molecule has 0 N–H and O–H groups in total. The third kappa shape index (κ3) is 2.28. The van der Waals surface area contributed by atoms with E-state index in [2.05, 4.69) is 4.98 Å². The van der Waals surface area contributed by atoms with Gasteiger partial charge in [-0.2, -0.15) is 0 Å². The van der Waals surface area contributed by atoms with Crippen LogP contribution in [-0.2, 0) is 21.3 Å². The molecule has 4 fully saturated rings. The quantitative estimate of drug-likeness (QED) is 0.840. The fourth-order valence-electron chi connectivity index (χ4n) is 5.26. The molecule has 21 heavy (non-hydrogen) atoms. The van der Waals surface area contributed by atoms with Gasteiger partial charge >= 0.3 is 0 Å². The zero-order valence-corrected chi connectivity index (χ0v) is 13.0. The fraction of sp³-hybridized carbons (Fsp3) is 0.647. The van der Waals surface area contributed by atoms with Crippen LogP contribution in [0.4, 0.5) is 0 Å². The Morgan fingerprint density at radius 2 is 1.86 bits per heavy atom. The molecule has 4 aliphatic carbocycles. The predicted octanol–water partition coefficient (Wildman–Crippen LogP) is 2.73. The lowest BCUT2D eigenvalue weighted by atomic mass is 9.73. The predicted molar refractivity (Wildman–Crippen MR) is 81.9 cm³/mol. The molecule has 4 aliphatic rings. The number of ketones is 1. The van der Waals surface area contributed by atoms with Crippen LogP contribution in [-0.4, -0.2) is 20.7 Å². The molecule has 112 valence electrons. The highest BCUT2D eigenvalue weighted by Crippen LogP contribution is 2.65. The topological polar surface area (TPSA) is 47.0 Å². The highest BCUT2D eigenvalue weighted by atomic mass is 32.2. The number of hydrogen-bond donors (Lipinski definition) is 0.